The molecule has 0 fully saturated rings. The lowest BCUT2D eigenvalue weighted by Gasteiger charge is -2.35. The molecule has 1 aliphatic rings. The van der Waals surface area contributed by atoms with E-state index in [4.69, 9.17) is 5.11 Å². The molecule has 5 rings (SSSR count). The summed E-state index contributed by atoms with van der Waals surface area (Å²) in [4.78, 5) is 30.7. The number of nitrogens with zero attached hydrogens (tertiary/aromatic N) is 4. The Morgan fingerprint density at radius 3 is 2.75 bits per heavy atom. The summed E-state index contributed by atoms with van der Waals surface area (Å²) in [6.45, 7) is 4.62. The first-order valence-corrected chi connectivity index (χ1v) is 11.8. The number of hydrogen-bond acceptors (Lipinski definition) is 4. The molecule has 0 radical (unpaired) electrons. The second-order valence-electron chi connectivity index (χ2n) is 8.84. The fraction of sp³-hybridized carbons (Fsp3) is 0.214. The van der Waals surface area contributed by atoms with Crippen LogP contribution in [0, 0.1) is 5.82 Å². The molecule has 0 aliphatic carbocycles. The Morgan fingerprint density at radius 2 is 2.00 bits per heavy atom. The SMILES string of the molecule is CCc1cc(C(=O)N2CCc3ccccc3[C@H]2C)nn2cc(-c3ccc(/C=C/C(=O)O)cc3F)nc12. The van der Waals surface area contributed by atoms with Crippen molar-refractivity contribution in [2.75, 3.05) is 6.54 Å². The maximum atomic E-state index is 14.9. The second kappa shape index (κ2) is 9.37. The van der Waals surface area contributed by atoms with Crippen LogP contribution in [0.5, 0.6) is 0 Å². The standard InChI is InChI=1S/C28H25FN4O3/c1-3-19-15-24(28(36)32-13-12-20-6-4-5-7-21(20)17(32)2)31-33-16-25(30-27(19)33)22-10-8-18(14-23(22)29)9-11-26(34)35/h4-11,14-17H,3,12-13H2,1-2H3,(H,34,35)/b11-9+/t17-/m1/s1. The smallest absolute Gasteiger partial charge is 0.328 e. The van der Waals surface area contributed by atoms with Crippen molar-refractivity contribution < 1.29 is 19.1 Å². The number of carbonyl (C=O) groups excluding carboxylic acids is 1. The summed E-state index contributed by atoms with van der Waals surface area (Å²) in [7, 11) is 0. The molecule has 2 aromatic carbocycles. The highest BCUT2D eigenvalue weighted by atomic mass is 19.1. The molecule has 3 heterocycles. The van der Waals surface area contributed by atoms with Crippen LogP contribution in [-0.2, 0) is 17.6 Å². The zero-order valence-corrected chi connectivity index (χ0v) is 20.0. The highest BCUT2D eigenvalue weighted by Gasteiger charge is 2.29. The lowest BCUT2D eigenvalue weighted by Crippen LogP contribution is -2.39. The van der Waals surface area contributed by atoms with Crippen LogP contribution >= 0.6 is 0 Å². The minimum atomic E-state index is -1.11. The van der Waals surface area contributed by atoms with E-state index in [1.54, 1.807) is 28.9 Å². The normalized spacial score (nSPS) is 15.4. The van der Waals surface area contributed by atoms with Gasteiger partial charge in [0.1, 0.15) is 11.5 Å². The molecule has 36 heavy (non-hydrogen) atoms. The minimum Gasteiger partial charge on any atom is -0.478 e. The number of benzene rings is 2. The fourth-order valence-electron chi connectivity index (χ4n) is 4.74. The first kappa shape index (κ1) is 23.4. The third kappa shape index (κ3) is 4.26. The van der Waals surface area contributed by atoms with Gasteiger partial charge in [-0.15, -0.1) is 0 Å². The first-order valence-electron chi connectivity index (χ1n) is 11.8. The average Bonchev–Trinajstić information content (AvgIpc) is 3.31. The van der Waals surface area contributed by atoms with Gasteiger partial charge in [0.05, 0.1) is 17.9 Å². The van der Waals surface area contributed by atoms with Crippen molar-refractivity contribution in [2.45, 2.75) is 32.7 Å². The predicted molar refractivity (Wildman–Crippen MR) is 134 cm³/mol. The molecule has 2 aromatic heterocycles. The number of hydrogen-bond donors (Lipinski definition) is 1. The molecule has 1 aliphatic heterocycles. The number of aryl methyl sites for hydroxylation is 1. The summed E-state index contributed by atoms with van der Waals surface area (Å²) in [5.41, 5.74) is 5.22. The van der Waals surface area contributed by atoms with Gasteiger partial charge >= 0.3 is 5.97 Å². The van der Waals surface area contributed by atoms with Crippen LogP contribution in [0.1, 0.15) is 52.6 Å². The average molecular weight is 485 g/mol. The monoisotopic (exact) mass is 484 g/mol. The lowest BCUT2D eigenvalue weighted by molar-refractivity contribution is -0.131. The van der Waals surface area contributed by atoms with Gasteiger partial charge in [-0.1, -0.05) is 37.3 Å². The van der Waals surface area contributed by atoms with Crippen LogP contribution in [0.2, 0.25) is 0 Å². The Hall–Kier alpha value is -4.33. The molecule has 0 unspecified atom stereocenters. The summed E-state index contributed by atoms with van der Waals surface area (Å²) >= 11 is 0. The van der Waals surface area contributed by atoms with Gasteiger partial charge in [-0.2, -0.15) is 5.10 Å². The van der Waals surface area contributed by atoms with Gasteiger partial charge in [-0.25, -0.2) is 18.7 Å². The number of fused-ring (bicyclic) bond motifs is 2. The van der Waals surface area contributed by atoms with Gasteiger partial charge in [0.25, 0.3) is 5.91 Å². The number of carboxylic acid groups (broad SMARTS) is 1. The van der Waals surface area contributed by atoms with Crippen LogP contribution in [0.3, 0.4) is 0 Å². The van der Waals surface area contributed by atoms with E-state index in [0.717, 1.165) is 23.6 Å². The zero-order valence-electron chi connectivity index (χ0n) is 20.0. The van der Waals surface area contributed by atoms with Crippen molar-refractivity contribution in [3.8, 4) is 11.3 Å². The van der Waals surface area contributed by atoms with Crippen LogP contribution in [-0.4, -0.2) is 43.0 Å². The van der Waals surface area contributed by atoms with Crippen LogP contribution in [0.4, 0.5) is 4.39 Å². The molecule has 182 valence electrons. The molecule has 7 nitrogen and oxygen atoms in total. The number of aliphatic carboxylic acids is 1. The molecule has 1 atom stereocenters. The number of imidazole rings is 1. The number of carboxylic acids is 1. The van der Waals surface area contributed by atoms with Gasteiger partial charge in [-0.3, -0.25) is 4.79 Å². The minimum absolute atomic E-state index is 0.0637. The van der Waals surface area contributed by atoms with Crippen molar-refractivity contribution in [3.63, 3.8) is 0 Å². The number of halogens is 1. The molecule has 1 amide bonds. The predicted octanol–water partition coefficient (Wildman–Crippen LogP) is 4.96. The molecular formula is C28H25FN4O3. The highest BCUT2D eigenvalue weighted by Crippen LogP contribution is 2.31. The Morgan fingerprint density at radius 1 is 1.19 bits per heavy atom. The first-order chi connectivity index (χ1) is 17.4. The molecule has 0 spiro atoms. The topological polar surface area (TPSA) is 87.8 Å². The third-order valence-electron chi connectivity index (χ3n) is 6.64. The van der Waals surface area contributed by atoms with Crippen molar-refractivity contribution in [1.29, 1.82) is 0 Å². The summed E-state index contributed by atoms with van der Waals surface area (Å²) in [5, 5.41) is 13.3. The number of rotatable bonds is 5. The van der Waals surface area contributed by atoms with Gasteiger partial charge in [-0.05, 0) is 66.3 Å². The summed E-state index contributed by atoms with van der Waals surface area (Å²) < 4.78 is 16.4. The summed E-state index contributed by atoms with van der Waals surface area (Å²) in [6.07, 6.45) is 5.32. The van der Waals surface area contributed by atoms with E-state index in [2.05, 4.69) is 22.2 Å². The fourth-order valence-corrected chi connectivity index (χ4v) is 4.74. The molecule has 8 heteroatoms. The van der Waals surface area contributed by atoms with Crippen molar-refractivity contribution >= 4 is 23.6 Å². The van der Waals surface area contributed by atoms with Gasteiger partial charge in [0, 0.05) is 18.2 Å². The summed E-state index contributed by atoms with van der Waals surface area (Å²) in [6, 6.07) is 14.3. The number of aromatic nitrogens is 3. The lowest BCUT2D eigenvalue weighted by atomic mass is 9.93. The molecule has 0 saturated heterocycles. The van der Waals surface area contributed by atoms with Crippen molar-refractivity contribution in [2.24, 2.45) is 0 Å². The van der Waals surface area contributed by atoms with Crippen LogP contribution < -0.4 is 0 Å². The van der Waals surface area contributed by atoms with Crippen LogP contribution in [0.15, 0.2) is 60.8 Å². The van der Waals surface area contributed by atoms with E-state index in [1.165, 1.54) is 17.7 Å². The zero-order chi connectivity index (χ0) is 25.4. The van der Waals surface area contributed by atoms with Crippen LogP contribution in [0.25, 0.3) is 23.0 Å². The van der Waals surface area contributed by atoms with Crippen molar-refractivity contribution in [1.82, 2.24) is 19.5 Å². The van der Waals surface area contributed by atoms with E-state index in [9.17, 15) is 14.0 Å². The van der Waals surface area contributed by atoms with Crippen molar-refractivity contribution in [3.05, 3.63) is 94.6 Å². The van der Waals surface area contributed by atoms with E-state index in [-0.39, 0.29) is 17.5 Å². The number of amides is 1. The van der Waals surface area contributed by atoms with E-state index < -0.39 is 11.8 Å². The highest BCUT2D eigenvalue weighted by molar-refractivity contribution is 5.93. The maximum Gasteiger partial charge on any atom is 0.328 e. The molecular weight excluding hydrogens is 459 g/mol. The van der Waals surface area contributed by atoms with E-state index >= 15 is 0 Å². The van der Waals surface area contributed by atoms with Gasteiger partial charge in [0.2, 0.25) is 0 Å². The number of carbonyl (C=O) groups is 2. The Balaban J connectivity index is 1.49. The molecule has 1 N–H and O–H groups in total. The Kier molecular flexibility index (Phi) is 6.10. The van der Waals surface area contributed by atoms with E-state index in [1.807, 2.05) is 30.9 Å². The Labute approximate surface area is 207 Å². The van der Waals surface area contributed by atoms with Gasteiger partial charge in [0.15, 0.2) is 5.65 Å². The quantitative estimate of drug-likeness (QED) is 0.405. The Bertz CT molecular complexity index is 1520. The second-order valence-corrected chi connectivity index (χ2v) is 8.84. The molecule has 0 bridgehead atoms. The third-order valence-corrected chi connectivity index (χ3v) is 6.64. The van der Waals surface area contributed by atoms with E-state index in [0.29, 0.717) is 35.6 Å². The largest absolute Gasteiger partial charge is 0.478 e. The molecule has 4 aromatic rings. The van der Waals surface area contributed by atoms with Gasteiger partial charge < -0.3 is 10.0 Å². The maximum absolute atomic E-state index is 14.9. The summed E-state index contributed by atoms with van der Waals surface area (Å²) in [5.74, 6) is -1.78. The molecule has 0 saturated carbocycles.